The van der Waals surface area contributed by atoms with Crippen molar-refractivity contribution in [2.45, 2.75) is 39.0 Å². The van der Waals surface area contributed by atoms with Crippen LogP contribution in [0.1, 0.15) is 26.5 Å². The SMILES string of the molecule is CN=C(NCc1ccnn1C)NC1CN(C(=O)OC(C)(C)C)C1.I. The van der Waals surface area contributed by atoms with Crippen molar-refractivity contribution in [3.63, 3.8) is 0 Å². The van der Waals surface area contributed by atoms with E-state index in [9.17, 15) is 4.79 Å². The van der Waals surface area contributed by atoms with Crippen molar-refractivity contribution < 1.29 is 9.53 Å². The Hall–Kier alpha value is -1.52. The fourth-order valence-electron chi connectivity index (χ4n) is 2.18. The lowest BCUT2D eigenvalue weighted by atomic mass is 10.1. The highest BCUT2D eigenvalue weighted by molar-refractivity contribution is 14.0. The molecule has 24 heavy (non-hydrogen) atoms. The lowest BCUT2D eigenvalue weighted by Crippen LogP contribution is -2.63. The summed E-state index contributed by atoms with van der Waals surface area (Å²) in [7, 11) is 3.63. The summed E-state index contributed by atoms with van der Waals surface area (Å²) in [4.78, 5) is 17.8. The van der Waals surface area contributed by atoms with Crippen LogP contribution in [0, 0.1) is 0 Å². The van der Waals surface area contributed by atoms with E-state index in [0.717, 1.165) is 5.69 Å². The molecule has 0 aromatic carbocycles. The molecule has 1 fully saturated rings. The normalized spacial score (nSPS) is 15.4. The molecule has 2 N–H and O–H groups in total. The molecule has 1 aliphatic rings. The number of nitrogens with one attached hydrogen (secondary N) is 2. The third-order valence-electron chi connectivity index (χ3n) is 3.46. The number of nitrogens with zero attached hydrogens (tertiary/aromatic N) is 4. The Labute approximate surface area is 160 Å². The van der Waals surface area contributed by atoms with Crippen LogP contribution in [0.25, 0.3) is 0 Å². The number of amides is 1. The number of aromatic nitrogens is 2. The van der Waals surface area contributed by atoms with Crippen LogP contribution in [0.3, 0.4) is 0 Å². The van der Waals surface area contributed by atoms with Crippen molar-refractivity contribution in [3.05, 3.63) is 18.0 Å². The summed E-state index contributed by atoms with van der Waals surface area (Å²) in [6, 6.07) is 2.13. The summed E-state index contributed by atoms with van der Waals surface area (Å²) < 4.78 is 7.15. The average molecular weight is 450 g/mol. The van der Waals surface area contributed by atoms with Gasteiger partial charge in [-0.25, -0.2) is 4.79 Å². The Balaban J connectivity index is 0.00000288. The molecule has 0 radical (unpaired) electrons. The number of aliphatic imine (C=N–C) groups is 1. The van der Waals surface area contributed by atoms with Gasteiger partial charge in [-0.2, -0.15) is 5.10 Å². The molecule has 0 atom stereocenters. The zero-order chi connectivity index (χ0) is 17.0. The fourth-order valence-corrected chi connectivity index (χ4v) is 2.18. The maximum absolute atomic E-state index is 11.9. The Morgan fingerprint density at radius 2 is 2.12 bits per heavy atom. The standard InChI is InChI=1S/C15H26N6O2.HI/c1-15(2,3)23-14(22)21-9-11(10-21)19-13(16-4)17-8-12-6-7-18-20(12)5;/h6-7,11H,8-10H2,1-5H3,(H2,16,17,19);1H. The zero-order valence-corrected chi connectivity index (χ0v) is 17.2. The molecule has 1 aromatic rings. The minimum atomic E-state index is -0.462. The van der Waals surface area contributed by atoms with Crippen LogP contribution in [0.15, 0.2) is 17.3 Å². The molecule has 2 heterocycles. The van der Waals surface area contributed by atoms with E-state index in [2.05, 4.69) is 20.7 Å². The van der Waals surface area contributed by atoms with Crippen LogP contribution in [-0.4, -0.2) is 58.5 Å². The van der Waals surface area contributed by atoms with Gasteiger partial charge in [-0.3, -0.25) is 9.67 Å². The second kappa shape index (κ2) is 8.54. The number of aryl methyl sites for hydroxylation is 1. The van der Waals surface area contributed by atoms with Crippen LogP contribution < -0.4 is 10.6 Å². The van der Waals surface area contributed by atoms with Gasteiger partial charge in [0.25, 0.3) is 0 Å². The van der Waals surface area contributed by atoms with E-state index >= 15 is 0 Å². The number of hydrogen-bond acceptors (Lipinski definition) is 4. The van der Waals surface area contributed by atoms with Crippen molar-refractivity contribution in [2.24, 2.45) is 12.0 Å². The van der Waals surface area contributed by atoms with E-state index in [4.69, 9.17) is 4.74 Å². The second-order valence-corrected chi connectivity index (χ2v) is 6.60. The zero-order valence-electron chi connectivity index (χ0n) is 14.9. The molecule has 9 heteroatoms. The van der Waals surface area contributed by atoms with Gasteiger partial charge in [-0.15, -0.1) is 24.0 Å². The van der Waals surface area contributed by atoms with E-state index in [1.165, 1.54) is 0 Å². The summed E-state index contributed by atoms with van der Waals surface area (Å²) in [5, 5.41) is 10.7. The maximum Gasteiger partial charge on any atom is 0.410 e. The van der Waals surface area contributed by atoms with Crippen molar-refractivity contribution in [1.82, 2.24) is 25.3 Å². The molecule has 0 aliphatic carbocycles. The predicted octanol–water partition coefficient (Wildman–Crippen LogP) is 1.32. The van der Waals surface area contributed by atoms with Crippen LogP contribution in [0.2, 0.25) is 0 Å². The quantitative estimate of drug-likeness (QED) is 0.413. The van der Waals surface area contributed by atoms with E-state index in [1.807, 2.05) is 38.6 Å². The number of carbonyl (C=O) groups is 1. The minimum absolute atomic E-state index is 0. The molecular weight excluding hydrogens is 423 g/mol. The number of halogens is 1. The first-order valence-electron chi connectivity index (χ1n) is 7.70. The van der Waals surface area contributed by atoms with Gasteiger partial charge in [0.2, 0.25) is 0 Å². The molecule has 2 rings (SSSR count). The highest BCUT2D eigenvalue weighted by atomic mass is 127. The van der Waals surface area contributed by atoms with Crippen molar-refractivity contribution >= 4 is 36.0 Å². The summed E-state index contributed by atoms with van der Waals surface area (Å²) in [6.07, 6.45) is 1.49. The van der Waals surface area contributed by atoms with Gasteiger partial charge in [0.15, 0.2) is 5.96 Å². The molecule has 0 unspecified atom stereocenters. The number of ether oxygens (including phenoxy) is 1. The van der Waals surface area contributed by atoms with Crippen LogP contribution in [-0.2, 0) is 18.3 Å². The van der Waals surface area contributed by atoms with Crippen molar-refractivity contribution in [2.75, 3.05) is 20.1 Å². The van der Waals surface area contributed by atoms with Gasteiger partial charge in [0, 0.05) is 33.4 Å². The number of hydrogen-bond donors (Lipinski definition) is 2. The van der Waals surface area contributed by atoms with Crippen molar-refractivity contribution in [3.8, 4) is 0 Å². The molecule has 136 valence electrons. The topological polar surface area (TPSA) is 83.8 Å². The van der Waals surface area contributed by atoms with Crippen LogP contribution >= 0.6 is 24.0 Å². The average Bonchev–Trinajstić information content (AvgIpc) is 2.80. The van der Waals surface area contributed by atoms with E-state index in [0.29, 0.717) is 25.6 Å². The number of carbonyl (C=O) groups excluding carboxylic acids is 1. The Kier molecular flexibility index (Phi) is 7.30. The predicted molar refractivity (Wildman–Crippen MR) is 104 cm³/mol. The molecule has 0 saturated carbocycles. The van der Waals surface area contributed by atoms with Gasteiger partial charge in [0.05, 0.1) is 18.3 Å². The number of likely N-dealkylation sites (tertiary alicyclic amines) is 1. The van der Waals surface area contributed by atoms with Gasteiger partial charge in [-0.1, -0.05) is 0 Å². The molecule has 1 aromatic heterocycles. The van der Waals surface area contributed by atoms with Crippen LogP contribution in [0.5, 0.6) is 0 Å². The lowest BCUT2D eigenvalue weighted by Gasteiger charge is -2.40. The summed E-state index contributed by atoms with van der Waals surface area (Å²) in [6.45, 7) is 7.46. The lowest BCUT2D eigenvalue weighted by molar-refractivity contribution is 0.00701. The summed E-state index contributed by atoms with van der Waals surface area (Å²) >= 11 is 0. The van der Waals surface area contributed by atoms with Gasteiger partial charge >= 0.3 is 6.09 Å². The molecule has 0 bridgehead atoms. The first kappa shape index (κ1) is 20.5. The van der Waals surface area contributed by atoms with Gasteiger partial charge in [-0.05, 0) is 26.8 Å². The molecule has 1 amide bonds. The van der Waals surface area contributed by atoms with Gasteiger partial charge < -0.3 is 20.3 Å². The number of rotatable bonds is 3. The molecular formula is C15H27IN6O2. The summed E-state index contributed by atoms with van der Waals surface area (Å²) in [5.41, 5.74) is 0.605. The number of guanidine groups is 1. The Morgan fingerprint density at radius 3 is 2.62 bits per heavy atom. The monoisotopic (exact) mass is 450 g/mol. The van der Waals surface area contributed by atoms with Gasteiger partial charge in [0.1, 0.15) is 5.60 Å². The highest BCUT2D eigenvalue weighted by Crippen LogP contribution is 2.15. The van der Waals surface area contributed by atoms with Crippen LogP contribution in [0.4, 0.5) is 4.79 Å². The smallest absolute Gasteiger partial charge is 0.410 e. The second-order valence-electron chi connectivity index (χ2n) is 6.60. The largest absolute Gasteiger partial charge is 0.444 e. The molecule has 1 saturated heterocycles. The first-order valence-corrected chi connectivity index (χ1v) is 7.70. The first-order chi connectivity index (χ1) is 10.8. The minimum Gasteiger partial charge on any atom is -0.444 e. The fraction of sp³-hybridized carbons (Fsp3) is 0.667. The summed E-state index contributed by atoms with van der Waals surface area (Å²) in [5.74, 6) is 0.708. The van der Waals surface area contributed by atoms with E-state index in [-0.39, 0.29) is 36.1 Å². The molecule has 1 aliphatic heterocycles. The molecule has 0 spiro atoms. The highest BCUT2D eigenvalue weighted by Gasteiger charge is 2.34. The Morgan fingerprint density at radius 1 is 1.46 bits per heavy atom. The molecule has 8 nitrogen and oxygen atoms in total. The third kappa shape index (κ3) is 5.84. The Bertz CT molecular complexity index is 575. The van der Waals surface area contributed by atoms with E-state index in [1.54, 1.807) is 18.1 Å². The van der Waals surface area contributed by atoms with Crippen molar-refractivity contribution in [1.29, 1.82) is 0 Å². The van der Waals surface area contributed by atoms with E-state index < -0.39 is 5.60 Å². The maximum atomic E-state index is 11.9. The third-order valence-corrected chi connectivity index (χ3v) is 3.46.